The summed E-state index contributed by atoms with van der Waals surface area (Å²) in [5.74, 6) is -1.46. The Morgan fingerprint density at radius 2 is 1.70 bits per heavy atom. The number of rotatable bonds is 5. The molecular formula is C21H18FNO3S. The van der Waals surface area contributed by atoms with Crippen molar-refractivity contribution < 1.29 is 18.7 Å². The van der Waals surface area contributed by atoms with Crippen molar-refractivity contribution in [2.75, 3.05) is 5.32 Å². The average molecular weight is 383 g/mol. The van der Waals surface area contributed by atoms with Crippen LogP contribution in [0.5, 0.6) is 0 Å². The van der Waals surface area contributed by atoms with Crippen LogP contribution in [0, 0.1) is 19.7 Å². The Morgan fingerprint density at radius 3 is 2.30 bits per heavy atom. The lowest BCUT2D eigenvalue weighted by Crippen LogP contribution is -2.26. The molecule has 1 heterocycles. The van der Waals surface area contributed by atoms with Gasteiger partial charge >= 0.3 is 5.97 Å². The maximum Gasteiger partial charge on any atom is 0.340 e. The zero-order valence-electron chi connectivity index (χ0n) is 14.9. The fourth-order valence-corrected chi connectivity index (χ4v) is 3.56. The van der Waals surface area contributed by atoms with Crippen LogP contribution in [0.4, 0.5) is 10.1 Å². The van der Waals surface area contributed by atoms with Gasteiger partial charge in [0.15, 0.2) is 0 Å². The van der Waals surface area contributed by atoms with Crippen molar-refractivity contribution in [2.24, 2.45) is 0 Å². The third-order valence-electron chi connectivity index (χ3n) is 3.94. The first-order chi connectivity index (χ1) is 12.9. The quantitative estimate of drug-likeness (QED) is 0.628. The van der Waals surface area contributed by atoms with Gasteiger partial charge in [-0.25, -0.2) is 9.18 Å². The third kappa shape index (κ3) is 4.60. The lowest BCUT2D eigenvalue weighted by Gasteiger charge is -2.18. The molecule has 1 N–H and O–H groups in total. The number of nitrogens with one attached hydrogen (secondary N) is 1. The van der Waals surface area contributed by atoms with Crippen molar-refractivity contribution in [1.82, 2.24) is 0 Å². The summed E-state index contributed by atoms with van der Waals surface area (Å²) in [6, 6.07) is 15.9. The fourth-order valence-electron chi connectivity index (χ4n) is 2.65. The molecule has 2 aromatic carbocycles. The van der Waals surface area contributed by atoms with Crippen molar-refractivity contribution in [2.45, 2.75) is 20.0 Å². The van der Waals surface area contributed by atoms with Crippen LogP contribution in [0.25, 0.3) is 0 Å². The molecule has 1 atom stereocenters. The Balaban J connectivity index is 1.84. The second kappa shape index (κ2) is 8.14. The number of halogens is 1. The molecule has 0 radical (unpaired) electrons. The van der Waals surface area contributed by atoms with E-state index in [9.17, 15) is 14.0 Å². The lowest BCUT2D eigenvalue weighted by molar-refractivity contribution is -0.125. The number of carbonyl (C=O) groups is 2. The molecule has 0 aliphatic carbocycles. The molecule has 3 aromatic rings. The van der Waals surface area contributed by atoms with Crippen LogP contribution in [0.2, 0.25) is 0 Å². The molecule has 1 aromatic heterocycles. The Bertz CT molecular complexity index is 951. The van der Waals surface area contributed by atoms with E-state index in [4.69, 9.17) is 4.74 Å². The van der Waals surface area contributed by atoms with Gasteiger partial charge in [-0.05, 0) is 44.2 Å². The fraction of sp³-hybridized carbons (Fsp3) is 0.143. The number of hydrogen-bond acceptors (Lipinski definition) is 4. The van der Waals surface area contributed by atoms with Gasteiger partial charge in [0, 0.05) is 21.0 Å². The van der Waals surface area contributed by atoms with Crippen LogP contribution < -0.4 is 5.32 Å². The Labute approximate surface area is 160 Å². The summed E-state index contributed by atoms with van der Waals surface area (Å²) in [6.45, 7) is 3.74. The normalized spacial score (nSPS) is 11.7. The summed E-state index contributed by atoms with van der Waals surface area (Å²) in [6.07, 6.45) is -1.12. The predicted octanol–water partition coefficient (Wildman–Crippen LogP) is 5.04. The molecule has 4 nitrogen and oxygen atoms in total. The summed E-state index contributed by atoms with van der Waals surface area (Å²) >= 11 is 1.50. The Morgan fingerprint density at radius 1 is 1.04 bits per heavy atom. The van der Waals surface area contributed by atoms with Gasteiger partial charge in [-0.3, -0.25) is 4.79 Å². The van der Waals surface area contributed by atoms with Crippen molar-refractivity contribution in [1.29, 1.82) is 0 Å². The van der Waals surface area contributed by atoms with E-state index in [2.05, 4.69) is 5.32 Å². The monoisotopic (exact) mass is 383 g/mol. The summed E-state index contributed by atoms with van der Waals surface area (Å²) in [5.41, 5.74) is 1.42. The number of thiophene rings is 1. The number of hydrogen-bond donors (Lipinski definition) is 1. The minimum Gasteiger partial charge on any atom is -0.444 e. The number of amides is 1. The van der Waals surface area contributed by atoms with Crippen LogP contribution in [-0.2, 0) is 9.53 Å². The molecule has 138 valence electrons. The van der Waals surface area contributed by atoms with Crippen LogP contribution in [0.3, 0.4) is 0 Å². The highest BCUT2D eigenvalue weighted by Gasteiger charge is 2.27. The second-order valence-corrected chi connectivity index (χ2v) is 7.48. The van der Waals surface area contributed by atoms with Gasteiger partial charge in [0.05, 0.1) is 5.56 Å². The number of carbonyl (C=O) groups excluding carboxylic acids is 2. The van der Waals surface area contributed by atoms with Crippen molar-refractivity contribution >= 4 is 28.9 Å². The second-order valence-electron chi connectivity index (χ2n) is 6.02. The molecule has 0 spiro atoms. The van der Waals surface area contributed by atoms with Crippen LogP contribution in [0.15, 0.2) is 60.7 Å². The Kier molecular flexibility index (Phi) is 5.66. The first-order valence-electron chi connectivity index (χ1n) is 8.33. The highest BCUT2D eigenvalue weighted by atomic mass is 32.1. The molecule has 0 aliphatic rings. The topological polar surface area (TPSA) is 55.4 Å². The maximum absolute atomic E-state index is 13.1. The Hall–Kier alpha value is -2.99. The SMILES string of the molecule is Cc1cc(C(=O)O[C@@H](C(=O)Nc2ccc(F)cc2)c2ccccc2)c(C)s1. The minimum absolute atomic E-state index is 0.401. The zero-order valence-corrected chi connectivity index (χ0v) is 15.7. The summed E-state index contributed by atoms with van der Waals surface area (Å²) in [7, 11) is 0. The van der Waals surface area contributed by atoms with Gasteiger partial charge in [-0.15, -0.1) is 11.3 Å². The first kappa shape index (κ1) is 18.8. The van der Waals surface area contributed by atoms with E-state index < -0.39 is 23.8 Å². The van der Waals surface area contributed by atoms with E-state index in [-0.39, 0.29) is 0 Å². The number of benzene rings is 2. The molecule has 27 heavy (non-hydrogen) atoms. The van der Waals surface area contributed by atoms with Gasteiger partial charge < -0.3 is 10.1 Å². The molecule has 1 amide bonds. The number of esters is 1. The third-order valence-corrected chi connectivity index (χ3v) is 4.90. The molecule has 0 unspecified atom stereocenters. The van der Waals surface area contributed by atoms with Gasteiger partial charge in [-0.1, -0.05) is 30.3 Å². The van der Waals surface area contributed by atoms with E-state index in [1.54, 1.807) is 30.3 Å². The van der Waals surface area contributed by atoms with Crippen molar-refractivity contribution in [3.05, 3.63) is 87.4 Å². The van der Waals surface area contributed by atoms with Gasteiger partial charge in [0.1, 0.15) is 5.82 Å². The van der Waals surface area contributed by atoms with Gasteiger partial charge in [0.2, 0.25) is 6.10 Å². The molecule has 0 aliphatic heterocycles. The largest absolute Gasteiger partial charge is 0.444 e. The van der Waals surface area contributed by atoms with Crippen molar-refractivity contribution in [3.8, 4) is 0 Å². The zero-order chi connectivity index (χ0) is 19.4. The highest BCUT2D eigenvalue weighted by molar-refractivity contribution is 7.12. The predicted molar refractivity (Wildman–Crippen MR) is 103 cm³/mol. The van der Waals surface area contributed by atoms with E-state index in [1.807, 2.05) is 19.9 Å². The minimum atomic E-state index is -1.12. The lowest BCUT2D eigenvalue weighted by atomic mass is 10.1. The maximum atomic E-state index is 13.1. The molecule has 0 saturated heterocycles. The van der Waals surface area contributed by atoms with Crippen LogP contribution in [-0.4, -0.2) is 11.9 Å². The standard InChI is InChI=1S/C21H18FNO3S/c1-13-12-18(14(2)27-13)21(25)26-19(15-6-4-3-5-7-15)20(24)23-17-10-8-16(22)9-11-17/h3-12,19H,1-2H3,(H,23,24)/t19-/m1/s1. The smallest absolute Gasteiger partial charge is 0.340 e. The number of aryl methyl sites for hydroxylation is 2. The van der Waals surface area contributed by atoms with Crippen molar-refractivity contribution in [3.63, 3.8) is 0 Å². The van der Waals surface area contributed by atoms with Crippen LogP contribution in [0.1, 0.15) is 31.8 Å². The first-order valence-corrected chi connectivity index (χ1v) is 9.15. The van der Waals surface area contributed by atoms with E-state index in [1.165, 1.54) is 35.6 Å². The molecule has 0 saturated carbocycles. The number of anilines is 1. The molecule has 0 fully saturated rings. The van der Waals surface area contributed by atoms with Crippen LogP contribution >= 0.6 is 11.3 Å². The van der Waals surface area contributed by atoms with E-state index in [0.29, 0.717) is 16.8 Å². The van der Waals surface area contributed by atoms with E-state index in [0.717, 1.165) is 9.75 Å². The summed E-state index contributed by atoms with van der Waals surface area (Å²) in [4.78, 5) is 27.2. The number of ether oxygens (including phenoxy) is 1. The van der Waals surface area contributed by atoms with Gasteiger partial charge in [0.25, 0.3) is 5.91 Å². The molecular weight excluding hydrogens is 365 g/mol. The molecule has 0 bridgehead atoms. The molecule has 6 heteroatoms. The van der Waals surface area contributed by atoms with E-state index >= 15 is 0 Å². The van der Waals surface area contributed by atoms with Gasteiger partial charge in [-0.2, -0.15) is 0 Å². The highest BCUT2D eigenvalue weighted by Crippen LogP contribution is 2.26. The summed E-state index contributed by atoms with van der Waals surface area (Å²) < 4.78 is 18.6. The summed E-state index contributed by atoms with van der Waals surface area (Å²) in [5, 5.41) is 2.66. The average Bonchev–Trinajstić information content (AvgIpc) is 3.00. The molecule has 3 rings (SSSR count).